The van der Waals surface area contributed by atoms with E-state index in [9.17, 15) is 0 Å². The van der Waals surface area contributed by atoms with E-state index in [0.29, 0.717) is 0 Å². The van der Waals surface area contributed by atoms with Gasteiger partial charge in [0.15, 0.2) is 4.34 Å². The van der Waals surface area contributed by atoms with Crippen LogP contribution < -0.4 is 9.88 Å². The Morgan fingerprint density at radius 1 is 1.35 bits per heavy atom. The number of rotatable bonds is 2. The van der Waals surface area contributed by atoms with E-state index in [1.807, 2.05) is 6.26 Å². The third-order valence-electron chi connectivity index (χ3n) is 2.59. The SMILES string of the molecule is C=c1nc(SC)s/c1=C\c1ccc(C)cc1C. The van der Waals surface area contributed by atoms with Gasteiger partial charge in [-0.15, -0.1) is 11.3 Å². The van der Waals surface area contributed by atoms with E-state index >= 15 is 0 Å². The highest BCUT2D eigenvalue weighted by Crippen LogP contribution is 2.13. The van der Waals surface area contributed by atoms with Crippen molar-refractivity contribution < 1.29 is 0 Å². The summed E-state index contributed by atoms with van der Waals surface area (Å²) in [5.74, 6) is 0. The lowest BCUT2D eigenvalue weighted by atomic mass is 10.1. The zero-order valence-corrected chi connectivity index (χ0v) is 11.9. The average molecular weight is 261 g/mol. The highest BCUT2D eigenvalue weighted by molar-refractivity contribution is 8.00. The first-order chi connectivity index (χ1) is 8.10. The van der Waals surface area contributed by atoms with Crippen LogP contribution in [0.1, 0.15) is 16.7 Å². The van der Waals surface area contributed by atoms with Gasteiger partial charge in [-0.2, -0.15) is 0 Å². The first-order valence-electron chi connectivity index (χ1n) is 5.39. The zero-order chi connectivity index (χ0) is 12.4. The van der Waals surface area contributed by atoms with Gasteiger partial charge in [0.1, 0.15) is 0 Å². The molecule has 88 valence electrons. The van der Waals surface area contributed by atoms with E-state index in [2.05, 4.69) is 49.7 Å². The Kier molecular flexibility index (Phi) is 3.69. The molecule has 0 aliphatic heterocycles. The lowest BCUT2D eigenvalue weighted by Gasteiger charge is -2.00. The zero-order valence-electron chi connectivity index (χ0n) is 10.3. The summed E-state index contributed by atoms with van der Waals surface area (Å²) in [6.45, 7) is 8.24. The molecule has 3 heteroatoms. The van der Waals surface area contributed by atoms with Crippen LogP contribution in [0.25, 0.3) is 12.7 Å². The fourth-order valence-corrected chi connectivity index (χ4v) is 3.17. The quantitative estimate of drug-likeness (QED) is 0.771. The topological polar surface area (TPSA) is 12.9 Å². The summed E-state index contributed by atoms with van der Waals surface area (Å²) in [5, 5.41) is 0.874. The highest BCUT2D eigenvalue weighted by Gasteiger charge is 1.99. The molecule has 0 radical (unpaired) electrons. The average Bonchev–Trinajstić information content (AvgIpc) is 2.64. The monoisotopic (exact) mass is 261 g/mol. The first-order valence-corrected chi connectivity index (χ1v) is 7.43. The summed E-state index contributed by atoms with van der Waals surface area (Å²) in [6.07, 6.45) is 4.22. The number of hydrogen-bond acceptors (Lipinski definition) is 3. The Morgan fingerprint density at radius 3 is 2.71 bits per heavy atom. The molecule has 0 spiro atoms. The molecule has 0 atom stereocenters. The molecular weight excluding hydrogens is 246 g/mol. The Morgan fingerprint density at radius 2 is 2.12 bits per heavy atom. The number of thiazole rings is 1. The van der Waals surface area contributed by atoms with Crippen molar-refractivity contribution in [3.8, 4) is 0 Å². The van der Waals surface area contributed by atoms with Crippen molar-refractivity contribution in [1.82, 2.24) is 4.98 Å². The summed E-state index contributed by atoms with van der Waals surface area (Å²) in [5.41, 5.74) is 3.84. The Balaban J connectivity index is 2.54. The van der Waals surface area contributed by atoms with Gasteiger partial charge in [0.25, 0.3) is 0 Å². The van der Waals surface area contributed by atoms with Crippen molar-refractivity contribution in [2.45, 2.75) is 18.2 Å². The number of benzene rings is 1. The lowest BCUT2D eigenvalue weighted by Crippen LogP contribution is -2.18. The van der Waals surface area contributed by atoms with Gasteiger partial charge in [0.05, 0.1) is 9.88 Å². The van der Waals surface area contributed by atoms with Crippen molar-refractivity contribution in [3.05, 3.63) is 44.8 Å². The second-order valence-electron chi connectivity index (χ2n) is 4.00. The smallest absolute Gasteiger partial charge is 0.150 e. The molecule has 0 saturated carbocycles. The highest BCUT2D eigenvalue weighted by atomic mass is 32.2. The summed E-state index contributed by atoms with van der Waals surface area (Å²) in [4.78, 5) is 4.41. The van der Waals surface area contributed by atoms with Gasteiger partial charge in [-0.1, -0.05) is 42.1 Å². The molecule has 0 aliphatic rings. The fourth-order valence-electron chi connectivity index (χ4n) is 1.67. The van der Waals surface area contributed by atoms with Gasteiger partial charge in [-0.3, -0.25) is 0 Å². The van der Waals surface area contributed by atoms with Gasteiger partial charge in [0, 0.05) is 0 Å². The Labute approximate surface area is 110 Å². The molecule has 1 nitrogen and oxygen atoms in total. The van der Waals surface area contributed by atoms with Gasteiger partial charge in [-0.25, -0.2) is 4.98 Å². The van der Waals surface area contributed by atoms with E-state index in [1.165, 1.54) is 16.7 Å². The third kappa shape index (κ3) is 2.79. The van der Waals surface area contributed by atoms with E-state index in [0.717, 1.165) is 14.2 Å². The molecule has 2 rings (SSSR count). The molecule has 0 unspecified atom stereocenters. The predicted molar refractivity (Wildman–Crippen MR) is 78.2 cm³/mol. The van der Waals surface area contributed by atoms with Crippen LogP contribution in [-0.4, -0.2) is 11.2 Å². The fraction of sp³-hybridized carbons (Fsp3) is 0.214. The number of thioether (sulfide) groups is 1. The standard InChI is InChI=1S/C14H15NS2/c1-9-5-6-12(10(2)7-9)8-13-11(3)15-14(16-4)17-13/h5-8H,3H2,1-2,4H3/b13-8-. The van der Waals surface area contributed by atoms with Crippen molar-refractivity contribution in [2.24, 2.45) is 0 Å². The van der Waals surface area contributed by atoms with Crippen LogP contribution in [0, 0.1) is 13.8 Å². The Hall–Kier alpha value is -1.06. The molecule has 0 bridgehead atoms. The van der Waals surface area contributed by atoms with E-state index in [1.54, 1.807) is 23.1 Å². The summed E-state index contributed by atoms with van der Waals surface area (Å²) in [7, 11) is 0. The first kappa shape index (κ1) is 12.4. The second kappa shape index (κ2) is 5.07. The van der Waals surface area contributed by atoms with Crippen LogP contribution in [0.2, 0.25) is 0 Å². The molecular formula is C14H15NS2. The Bertz CT molecular complexity index is 641. The maximum atomic E-state index is 4.41. The van der Waals surface area contributed by atoms with E-state index < -0.39 is 0 Å². The summed E-state index contributed by atoms with van der Waals surface area (Å²) < 4.78 is 2.23. The van der Waals surface area contributed by atoms with Crippen molar-refractivity contribution in [1.29, 1.82) is 0 Å². The largest absolute Gasteiger partial charge is 0.230 e. The minimum absolute atomic E-state index is 0.874. The van der Waals surface area contributed by atoms with Crippen molar-refractivity contribution >= 4 is 35.8 Å². The molecule has 1 aromatic carbocycles. The van der Waals surface area contributed by atoms with Crippen LogP contribution >= 0.6 is 23.1 Å². The molecule has 2 aromatic rings. The molecule has 0 saturated heterocycles. The molecule has 0 aliphatic carbocycles. The van der Waals surface area contributed by atoms with Crippen molar-refractivity contribution in [3.63, 3.8) is 0 Å². The van der Waals surface area contributed by atoms with E-state index in [4.69, 9.17) is 0 Å². The normalized spacial score (nSPS) is 12.1. The maximum Gasteiger partial charge on any atom is 0.150 e. The van der Waals surface area contributed by atoms with Gasteiger partial charge in [0.2, 0.25) is 0 Å². The molecule has 1 heterocycles. The molecule has 0 N–H and O–H groups in total. The molecule has 17 heavy (non-hydrogen) atoms. The lowest BCUT2D eigenvalue weighted by molar-refractivity contribution is 1.20. The minimum atomic E-state index is 0.874. The summed E-state index contributed by atoms with van der Waals surface area (Å²) >= 11 is 3.37. The van der Waals surface area contributed by atoms with Gasteiger partial charge in [-0.05, 0) is 37.3 Å². The number of hydrogen-bond donors (Lipinski definition) is 0. The van der Waals surface area contributed by atoms with Crippen LogP contribution in [0.4, 0.5) is 0 Å². The van der Waals surface area contributed by atoms with Gasteiger partial charge >= 0.3 is 0 Å². The van der Waals surface area contributed by atoms with Gasteiger partial charge < -0.3 is 0 Å². The molecule has 0 fully saturated rings. The number of aryl methyl sites for hydroxylation is 2. The summed E-state index contributed by atoms with van der Waals surface area (Å²) in [6, 6.07) is 6.49. The van der Waals surface area contributed by atoms with Crippen LogP contribution in [0.5, 0.6) is 0 Å². The predicted octanol–water partition coefficient (Wildman–Crippen LogP) is 2.72. The maximum absolute atomic E-state index is 4.41. The molecule has 1 aromatic heterocycles. The van der Waals surface area contributed by atoms with Crippen molar-refractivity contribution in [2.75, 3.05) is 6.26 Å². The second-order valence-corrected chi connectivity index (χ2v) is 6.08. The molecule has 0 amide bonds. The number of aromatic nitrogens is 1. The van der Waals surface area contributed by atoms with E-state index in [-0.39, 0.29) is 0 Å². The van der Waals surface area contributed by atoms with Crippen LogP contribution in [0.3, 0.4) is 0 Å². The third-order valence-corrected chi connectivity index (χ3v) is 4.62. The van der Waals surface area contributed by atoms with Crippen LogP contribution in [0.15, 0.2) is 22.5 Å². The van der Waals surface area contributed by atoms with Crippen LogP contribution in [-0.2, 0) is 0 Å². The number of nitrogens with zero attached hydrogens (tertiary/aromatic N) is 1. The minimum Gasteiger partial charge on any atom is -0.230 e.